The molecule has 1 saturated heterocycles. The third kappa shape index (κ3) is 3.95. The van der Waals surface area contributed by atoms with E-state index in [1.54, 1.807) is 0 Å². The van der Waals surface area contributed by atoms with Gasteiger partial charge in [0.15, 0.2) is 0 Å². The van der Waals surface area contributed by atoms with Gasteiger partial charge in [-0.1, -0.05) is 13.8 Å². The summed E-state index contributed by atoms with van der Waals surface area (Å²) in [5.41, 5.74) is 0. The Kier molecular flexibility index (Phi) is 4.85. The first-order valence-electron chi connectivity index (χ1n) is 5.80. The third-order valence-electron chi connectivity index (χ3n) is 2.75. The highest BCUT2D eigenvalue weighted by Crippen LogP contribution is 2.10. The largest absolute Gasteiger partial charge is 0.313 e. The maximum Gasteiger partial charge on any atom is 0.0323 e. The fraction of sp³-hybridized carbons (Fsp3) is 1.00. The van der Waals surface area contributed by atoms with Crippen LogP contribution < -0.4 is 10.6 Å². The molecule has 0 atom stereocenters. The van der Waals surface area contributed by atoms with Crippen molar-refractivity contribution < 1.29 is 0 Å². The molecule has 14 heavy (non-hydrogen) atoms. The summed E-state index contributed by atoms with van der Waals surface area (Å²) in [6.07, 6.45) is 0. The minimum atomic E-state index is 0.602. The molecule has 0 radical (unpaired) electrons. The molecule has 0 aliphatic carbocycles. The monoisotopic (exact) mass is 199 g/mol. The van der Waals surface area contributed by atoms with E-state index < -0.39 is 0 Å². The van der Waals surface area contributed by atoms with Crippen LogP contribution in [-0.2, 0) is 0 Å². The first kappa shape index (κ1) is 12.0. The maximum absolute atomic E-state index is 3.56. The lowest BCUT2D eigenvalue weighted by Crippen LogP contribution is -2.60. The summed E-state index contributed by atoms with van der Waals surface area (Å²) in [4.78, 5) is 2.49. The number of hydrogen-bond acceptors (Lipinski definition) is 3. The van der Waals surface area contributed by atoms with Crippen LogP contribution in [0.4, 0.5) is 0 Å². The summed E-state index contributed by atoms with van der Waals surface area (Å²) < 4.78 is 0. The molecule has 0 bridgehead atoms. The summed E-state index contributed by atoms with van der Waals surface area (Å²) in [5, 5.41) is 6.96. The minimum absolute atomic E-state index is 0.602. The highest BCUT2D eigenvalue weighted by atomic mass is 15.3. The number of hydrogen-bond donors (Lipinski definition) is 2. The van der Waals surface area contributed by atoms with Crippen LogP contribution >= 0.6 is 0 Å². The van der Waals surface area contributed by atoms with Crippen LogP contribution in [0.5, 0.6) is 0 Å². The molecule has 84 valence electrons. The van der Waals surface area contributed by atoms with Crippen LogP contribution in [0.1, 0.15) is 27.7 Å². The zero-order valence-corrected chi connectivity index (χ0v) is 10.0. The van der Waals surface area contributed by atoms with E-state index in [0.29, 0.717) is 12.1 Å². The van der Waals surface area contributed by atoms with Gasteiger partial charge in [-0.05, 0) is 13.8 Å². The molecule has 0 spiro atoms. The quantitative estimate of drug-likeness (QED) is 0.616. The Morgan fingerprint density at radius 1 is 1.14 bits per heavy atom. The van der Waals surface area contributed by atoms with E-state index in [0.717, 1.165) is 19.1 Å². The Morgan fingerprint density at radius 2 is 1.79 bits per heavy atom. The van der Waals surface area contributed by atoms with Crippen molar-refractivity contribution in [2.45, 2.75) is 45.8 Å². The molecule has 0 amide bonds. The first-order chi connectivity index (χ1) is 6.59. The fourth-order valence-corrected chi connectivity index (χ4v) is 1.70. The van der Waals surface area contributed by atoms with E-state index in [2.05, 4.69) is 43.2 Å². The smallest absolute Gasteiger partial charge is 0.0323 e. The molecule has 1 aliphatic rings. The normalized spacial score (nSPS) is 19.3. The second-order valence-corrected chi connectivity index (χ2v) is 4.81. The maximum atomic E-state index is 3.56. The molecule has 0 unspecified atom stereocenters. The SMILES string of the molecule is CC(C)NCCNC1CN(C(C)C)C1. The second-order valence-electron chi connectivity index (χ2n) is 4.81. The predicted octanol–water partition coefficient (Wildman–Crippen LogP) is 0.667. The summed E-state index contributed by atoms with van der Waals surface area (Å²) in [7, 11) is 0. The van der Waals surface area contributed by atoms with E-state index in [-0.39, 0.29) is 0 Å². The lowest BCUT2D eigenvalue weighted by molar-refractivity contribution is 0.0924. The Morgan fingerprint density at radius 3 is 2.29 bits per heavy atom. The molecule has 1 aliphatic heterocycles. The molecular weight excluding hydrogens is 174 g/mol. The van der Waals surface area contributed by atoms with Gasteiger partial charge >= 0.3 is 0 Å². The molecule has 3 heteroatoms. The Labute approximate surface area is 88.2 Å². The van der Waals surface area contributed by atoms with Gasteiger partial charge in [-0.2, -0.15) is 0 Å². The molecule has 0 aromatic heterocycles. The van der Waals surface area contributed by atoms with Gasteiger partial charge in [-0.15, -0.1) is 0 Å². The van der Waals surface area contributed by atoms with E-state index in [1.807, 2.05) is 0 Å². The van der Waals surface area contributed by atoms with Crippen molar-refractivity contribution in [2.75, 3.05) is 26.2 Å². The van der Waals surface area contributed by atoms with Gasteiger partial charge in [0.1, 0.15) is 0 Å². The van der Waals surface area contributed by atoms with E-state index in [4.69, 9.17) is 0 Å². The second kappa shape index (κ2) is 5.69. The average molecular weight is 199 g/mol. The topological polar surface area (TPSA) is 27.3 Å². The van der Waals surface area contributed by atoms with Gasteiger partial charge in [0, 0.05) is 44.3 Å². The molecule has 1 rings (SSSR count). The van der Waals surface area contributed by atoms with Crippen LogP contribution in [0, 0.1) is 0 Å². The zero-order chi connectivity index (χ0) is 10.6. The number of likely N-dealkylation sites (tertiary alicyclic amines) is 1. The Hall–Kier alpha value is -0.120. The van der Waals surface area contributed by atoms with Crippen LogP contribution in [0.15, 0.2) is 0 Å². The number of nitrogens with one attached hydrogen (secondary N) is 2. The van der Waals surface area contributed by atoms with E-state index in [1.165, 1.54) is 13.1 Å². The molecule has 0 aromatic rings. The van der Waals surface area contributed by atoms with E-state index in [9.17, 15) is 0 Å². The van der Waals surface area contributed by atoms with Crippen molar-refractivity contribution in [3.63, 3.8) is 0 Å². The summed E-state index contributed by atoms with van der Waals surface area (Å²) in [6.45, 7) is 13.5. The molecule has 1 fully saturated rings. The summed E-state index contributed by atoms with van der Waals surface area (Å²) in [5.74, 6) is 0. The van der Waals surface area contributed by atoms with Crippen molar-refractivity contribution in [2.24, 2.45) is 0 Å². The van der Waals surface area contributed by atoms with Crippen molar-refractivity contribution in [1.82, 2.24) is 15.5 Å². The summed E-state index contributed by atoms with van der Waals surface area (Å²) in [6, 6.07) is 2.04. The third-order valence-corrected chi connectivity index (χ3v) is 2.75. The highest BCUT2D eigenvalue weighted by molar-refractivity contribution is 4.87. The lowest BCUT2D eigenvalue weighted by Gasteiger charge is -2.42. The van der Waals surface area contributed by atoms with Crippen molar-refractivity contribution >= 4 is 0 Å². The van der Waals surface area contributed by atoms with Crippen molar-refractivity contribution in [1.29, 1.82) is 0 Å². The Balaban J connectivity index is 1.91. The molecular formula is C11H25N3. The van der Waals surface area contributed by atoms with Gasteiger partial charge < -0.3 is 10.6 Å². The zero-order valence-electron chi connectivity index (χ0n) is 10.0. The number of rotatable bonds is 6. The van der Waals surface area contributed by atoms with Gasteiger partial charge in [-0.25, -0.2) is 0 Å². The molecule has 1 heterocycles. The van der Waals surface area contributed by atoms with Crippen LogP contribution in [-0.4, -0.2) is 49.2 Å². The van der Waals surface area contributed by atoms with Gasteiger partial charge in [0.05, 0.1) is 0 Å². The minimum Gasteiger partial charge on any atom is -0.313 e. The van der Waals surface area contributed by atoms with Crippen molar-refractivity contribution in [3.8, 4) is 0 Å². The molecule has 2 N–H and O–H groups in total. The van der Waals surface area contributed by atoms with Crippen LogP contribution in [0.2, 0.25) is 0 Å². The fourth-order valence-electron chi connectivity index (χ4n) is 1.70. The van der Waals surface area contributed by atoms with Crippen LogP contribution in [0.3, 0.4) is 0 Å². The Bertz CT molecular complexity index is 151. The average Bonchev–Trinajstić information content (AvgIpc) is 1.98. The standard InChI is InChI=1S/C11H25N3/c1-9(2)12-5-6-13-11-7-14(8-11)10(3)4/h9-13H,5-8H2,1-4H3. The summed E-state index contributed by atoms with van der Waals surface area (Å²) >= 11 is 0. The van der Waals surface area contributed by atoms with Gasteiger partial charge in [0.2, 0.25) is 0 Å². The predicted molar refractivity (Wildman–Crippen MR) is 61.6 cm³/mol. The van der Waals surface area contributed by atoms with E-state index >= 15 is 0 Å². The van der Waals surface area contributed by atoms with Crippen LogP contribution in [0.25, 0.3) is 0 Å². The van der Waals surface area contributed by atoms with Gasteiger partial charge in [-0.3, -0.25) is 4.90 Å². The molecule has 0 saturated carbocycles. The highest BCUT2D eigenvalue weighted by Gasteiger charge is 2.27. The first-order valence-corrected chi connectivity index (χ1v) is 5.80. The van der Waals surface area contributed by atoms with Gasteiger partial charge in [0.25, 0.3) is 0 Å². The molecule has 0 aromatic carbocycles. The van der Waals surface area contributed by atoms with Crippen molar-refractivity contribution in [3.05, 3.63) is 0 Å². The number of nitrogens with zero attached hydrogens (tertiary/aromatic N) is 1. The lowest BCUT2D eigenvalue weighted by atomic mass is 10.1. The molecule has 3 nitrogen and oxygen atoms in total.